The Morgan fingerprint density at radius 1 is 1.35 bits per heavy atom. The quantitative estimate of drug-likeness (QED) is 0.592. The summed E-state index contributed by atoms with van der Waals surface area (Å²) in [7, 11) is 1.50. The van der Waals surface area contributed by atoms with E-state index in [1.165, 1.54) is 13.1 Å². The maximum absolute atomic E-state index is 14.2. The summed E-state index contributed by atoms with van der Waals surface area (Å²) in [6, 6.07) is 5.13. The third kappa shape index (κ3) is 4.47. The highest BCUT2D eigenvalue weighted by Gasteiger charge is 2.16. The highest BCUT2D eigenvalue weighted by molar-refractivity contribution is 6.31. The molecule has 0 spiro atoms. The van der Waals surface area contributed by atoms with Gasteiger partial charge in [0.15, 0.2) is 5.82 Å². The second-order valence-corrected chi connectivity index (χ2v) is 6.22. The lowest BCUT2D eigenvalue weighted by Gasteiger charge is -2.13. The van der Waals surface area contributed by atoms with Crippen molar-refractivity contribution in [3.63, 3.8) is 0 Å². The zero-order valence-electron chi connectivity index (χ0n) is 15.2. The number of hydrogen-bond donors (Lipinski definition) is 3. The van der Waals surface area contributed by atoms with Gasteiger partial charge in [-0.2, -0.15) is 5.10 Å². The molecular weight excluding hydrogens is 355 g/mol. The highest BCUT2D eigenvalue weighted by atomic mass is 35.5. The lowest BCUT2D eigenvalue weighted by Crippen LogP contribution is -2.15. The van der Waals surface area contributed by atoms with Crippen molar-refractivity contribution in [3.8, 4) is 11.3 Å². The molecular formula is C18H24ClFN6. The number of rotatable bonds is 6. The van der Waals surface area contributed by atoms with Gasteiger partial charge < -0.3 is 11.1 Å². The Balaban J connectivity index is 0.00000117. The molecule has 26 heavy (non-hydrogen) atoms. The Hall–Kier alpha value is -2.25. The van der Waals surface area contributed by atoms with Crippen LogP contribution in [0.1, 0.15) is 33.1 Å². The number of nitrogens with two attached hydrogens (primary N) is 1. The molecule has 0 bridgehead atoms. The second kappa shape index (κ2) is 9.45. The Kier molecular flexibility index (Phi) is 7.29. The highest BCUT2D eigenvalue weighted by Crippen LogP contribution is 2.30. The van der Waals surface area contributed by atoms with E-state index in [0.717, 1.165) is 19.3 Å². The number of aromatic amines is 1. The Labute approximate surface area is 157 Å². The number of anilines is 1. The average molecular weight is 379 g/mol. The first-order chi connectivity index (χ1) is 12.6. The van der Waals surface area contributed by atoms with Crippen LogP contribution in [0.25, 0.3) is 22.4 Å². The average Bonchev–Trinajstić information content (AvgIpc) is 3.07. The molecule has 8 heteroatoms. The number of fused-ring (bicyclic) bond motifs is 1. The van der Waals surface area contributed by atoms with E-state index in [1.807, 2.05) is 0 Å². The summed E-state index contributed by atoms with van der Waals surface area (Å²) in [6.45, 7) is 4.28. The molecule has 3 aromatic rings. The minimum Gasteiger partial charge on any atom is -0.366 e. The van der Waals surface area contributed by atoms with E-state index in [-0.39, 0.29) is 5.02 Å². The van der Waals surface area contributed by atoms with Gasteiger partial charge in [0.1, 0.15) is 11.3 Å². The van der Waals surface area contributed by atoms with Crippen molar-refractivity contribution in [2.45, 2.75) is 39.2 Å². The first-order valence-corrected chi connectivity index (χ1v) is 8.97. The van der Waals surface area contributed by atoms with Gasteiger partial charge in [-0.05, 0) is 32.5 Å². The molecule has 0 aliphatic carbocycles. The number of H-pyrrole nitrogens is 1. The van der Waals surface area contributed by atoms with Gasteiger partial charge in [-0.3, -0.25) is 5.10 Å². The van der Waals surface area contributed by atoms with Gasteiger partial charge in [-0.25, -0.2) is 14.4 Å². The van der Waals surface area contributed by atoms with Crippen molar-refractivity contribution in [2.75, 3.05) is 12.4 Å². The molecule has 6 nitrogen and oxygen atoms in total. The van der Waals surface area contributed by atoms with Gasteiger partial charge in [-0.15, -0.1) is 0 Å². The second-order valence-electron chi connectivity index (χ2n) is 5.82. The molecule has 0 radical (unpaired) electrons. The van der Waals surface area contributed by atoms with E-state index >= 15 is 0 Å². The summed E-state index contributed by atoms with van der Waals surface area (Å²) in [5.41, 5.74) is 6.26. The SMILES string of the molecule is CCCCC(C)Nc1cnc2c(-c3cccc(Cl)c3F)[nH]nc2n1.CN. The minimum absolute atomic E-state index is 0.0613. The molecule has 1 atom stereocenters. The van der Waals surface area contributed by atoms with E-state index in [9.17, 15) is 4.39 Å². The molecule has 0 saturated carbocycles. The minimum atomic E-state index is -0.498. The van der Waals surface area contributed by atoms with Crippen molar-refractivity contribution >= 4 is 28.6 Å². The van der Waals surface area contributed by atoms with Crippen LogP contribution in [0.4, 0.5) is 10.2 Å². The fourth-order valence-electron chi connectivity index (χ4n) is 2.58. The number of nitrogens with zero attached hydrogens (tertiary/aromatic N) is 3. The summed E-state index contributed by atoms with van der Waals surface area (Å²) in [6.07, 6.45) is 5.02. The van der Waals surface area contributed by atoms with Crippen LogP contribution in [-0.2, 0) is 0 Å². The molecule has 0 aliphatic rings. The normalized spacial score (nSPS) is 11.8. The van der Waals surface area contributed by atoms with Crippen molar-refractivity contribution < 1.29 is 4.39 Å². The van der Waals surface area contributed by atoms with E-state index < -0.39 is 5.82 Å². The van der Waals surface area contributed by atoms with Crippen molar-refractivity contribution in [2.24, 2.45) is 5.73 Å². The fraction of sp³-hybridized carbons (Fsp3) is 0.389. The number of aromatic nitrogens is 4. The lowest BCUT2D eigenvalue weighted by molar-refractivity contribution is 0.631. The van der Waals surface area contributed by atoms with Crippen molar-refractivity contribution in [1.82, 2.24) is 20.2 Å². The summed E-state index contributed by atoms with van der Waals surface area (Å²) >= 11 is 5.85. The van der Waals surface area contributed by atoms with Gasteiger partial charge in [-0.1, -0.05) is 37.4 Å². The van der Waals surface area contributed by atoms with Crippen molar-refractivity contribution in [1.29, 1.82) is 0 Å². The topological polar surface area (TPSA) is 92.5 Å². The van der Waals surface area contributed by atoms with Gasteiger partial charge in [0.2, 0.25) is 5.65 Å². The molecule has 140 valence electrons. The Morgan fingerprint density at radius 3 is 2.85 bits per heavy atom. The summed E-state index contributed by atoms with van der Waals surface area (Å²) in [5.74, 6) is 0.164. The van der Waals surface area contributed by atoms with E-state index in [2.05, 4.69) is 45.1 Å². The first-order valence-electron chi connectivity index (χ1n) is 8.60. The van der Waals surface area contributed by atoms with Crippen LogP contribution in [0.3, 0.4) is 0 Å². The van der Waals surface area contributed by atoms with Gasteiger partial charge >= 0.3 is 0 Å². The van der Waals surface area contributed by atoms with E-state index in [4.69, 9.17) is 11.6 Å². The van der Waals surface area contributed by atoms with Crippen LogP contribution in [0, 0.1) is 5.82 Å². The molecule has 1 unspecified atom stereocenters. The predicted octanol–water partition coefficient (Wildman–Crippen LogP) is 4.38. The van der Waals surface area contributed by atoms with Crippen LogP contribution in [0.15, 0.2) is 24.4 Å². The van der Waals surface area contributed by atoms with Crippen LogP contribution < -0.4 is 11.1 Å². The lowest BCUT2D eigenvalue weighted by atomic mass is 10.1. The van der Waals surface area contributed by atoms with Crippen molar-refractivity contribution in [3.05, 3.63) is 35.2 Å². The van der Waals surface area contributed by atoms with Crippen LogP contribution in [-0.4, -0.2) is 33.3 Å². The Morgan fingerprint density at radius 2 is 2.12 bits per heavy atom. The molecule has 1 aromatic carbocycles. The fourth-order valence-corrected chi connectivity index (χ4v) is 2.76. The third-order valence-corrected chi connectivity index (χ3v) is 4.16. The molecule has 0 fully saturated rings. The number of nitrogens with one attached hydrogen (secondary N) is 2. The molecule has 0 amide bonds. The van der Waals surface area contributed by atoms with Crippen LogP contribution in [0.5, 0.6) is 0 Å². The zero-order chi connectivity index (χ0) is 19.1. The van der Waals surface area contributed by atoms with Gasteiger partial charge in [0.25, 0.3) is 0 Å². The number of unbranched alkanes of at least 4 members (excludes halogenated alkanes) is 1. The Bertz CT molecular complexity index is 851. The molecule has 0 saturated heterocycles. The summed E-state index contributed by atoms with van der Waals surface area (Å²) < 4.78 is 14.2. The maximum Gasteiger partial charge on any atom is 0.202 e. The van der Waals surface area contributed by atoms with E-state index in [0.29, 0.717) is 34.3 Å². The largest absolute Gasteiger partial charge is 0.366 e. The molecule has 4 N–H and O–H groups in total. The molecule has 2 aromatic heterocycles. The number of halogens is 2. The smallest absolute Gasteiger partial charge is 0.202 e. The molecule has 2 heterocycles. The van der Waals surface area contributed by atoms with Gasteiger partial charge in [0, 0.05) is 11.6 Å². The summed E-state index contributed by atoms with van der Waals surface area (Å²) in [5, 5.41) is 10.3. The molecule has 0 aliphatic heterocycles. The third-order valence-electron chi connectivity index (χ3n) is 3.87. The standard InChI is InChI=1S/C17H19ClFN5.CH5N/c1-3-4-6-10(2)21-13-9-20-16-15(23-24-17(16)22-13)11-7-5-8-12(18)14(11)19;1-2/h5,7-10H,3-4,6H2,1-2H3,(H2,21,22,23,24);2H2,1H3. The van der Waals surface area contributed by atoms with Gasteiger partial charge in [0.05, 0.1) is 16.9 Å². The van der Waals surface area contributed by atoms with Crippen LogP contribution >= 0.6 is 11.6 Å². The first kappa shape index (κ1) is 20.1. The number of benzene rings is 1. The summed E-state index contributed by atoms with van der Waals surface area (Å²) in [4.78, 5) is 8.84. The van der Waals surface area contributed by atoms with E-state index in [1.54, 1.807) is 18.3 Å². The maximum atomic E-state index is 14.2. The van der Waals surface area contributed by atoms with Crippen LogP contribution in [0.2, 0.25) is 5.02 Å². The number of hydrogen-bond acceptors (Lipinski definition) is 5. The monoisotopic (exact) mass is 378 g/mol. The predicted molar refractivity (Wildman–Crippen MR) is 105 cm³/mol. The zero-order valence-corrected chi connectivity index (χ0v) is 15.9. The molecule has 3 rings (SSSR count).